The number of alkyl halides is 3. The topological polar surface area (TPSA) is 54.5 Å². The van der Waals surface area contributed by atoms with Crippen LogP contribution in [0.3, 0.4) is 0 Å². The van der Waals surface area contributed by atoms with Crippen molar-refractivity contribution in [3.8, 4) is 5.88 Å². The zero-order valence-corrected chi connectivity index (χ0v) is 12.5. The number of nitrogens with one attached hydrogen (secondary N) is 1. The summed E-state index contributed by atoms with van der Waals surface area (Å²) in [5, 5.41) is 5.30. The summed E-state index contributed by atoms with van der Waals surface area (Å²) in [6.07, 6.45) is -3.74. The highest BCUT2D eigenvalue weighted by Crippen LogP contribution is 2.31. The lowest BCUT2D eigenvalue weighted by Crippen LogP contribution is -2.57. The Kier molecular flexibility index (Phi) is 4.12. The molecule has 1 N–H and O–H groups in total. The van der Waals surface area contributed by atoms with Crippen LogP contribution in [0, 0.1) is 0 Å². The summed E-state index contributed by atoms with van der Waals surface area (Å²) in [6.45, 7) is 0.601. The van der Waals surface area contributed by atoms with Crippen molar-refractivity contribution in [2.75, 3.05) is 18.4 Å². The van der Waals surface area contributed by atoms with E-state index in [4.69, 9.17) is 4.74 Å². The molecule has 0 aromatic carbocycles. The highest BCUT2D eigenvalue weighted by Gasteiger charge is 2.34. The van der Waals surface area contributed by atoms with Gasteiger partial charge in [0.1, 0.15) is 6.10 Å². The Labute approximate surface area is 133 Å². The molecule has 0 unspecified atom stereocenters. The summed E-state index contributed by atoms with van der Waals surface area (Å²) < 4.78 is 43.2. The van der Waals surface area contributed by atoms with E-state index in [1.165, 1.54) is 16.2 Å². The number of nitrogens with zero attached hydrogens (tertiary/aromatic N) is 2. The summed E-state index contributed by atoms with van der Waals surface area (Å²) in [6, 6.07) is 5.08. The van der Waals surface area contributed by atoms with Gasteiger partial charge in [0.2, 0.25) is 5.88 Å². The average Bonchev–Trinajstić information content (AvgIpc) is 2.94. The molecule has 1 fully saturated rings. The number of likely N-dealkylation sites (tertiary alicyclic amines) is 1. The minimum Gasteiger partial charge on any atom is -0.471 e. The first-order chi connectivity index (χ1) is 10.9. The molecule has 0 spiro atoms. The molecule has 0 saturated carbocycles. The Morgan fingerprint density at radius 2 is 2.17 bits per heavy atom. The Balaban J connectivity index is 1.51. The molecule has 5 nitrogen and oxygen atoms in total. The van der Waals surface area contributed by atoms with Crippen LogP contribution in [-0.2, 0) is 6.18 Å². The second kappa shape index (κ2) is 6.07. The van der Waals surface area contributed by atoms with Gasteiger partial charge < -0.3 is 9.64 Å². The van der Waals surface area contributed by atoms with E-state index < -0.39 is 11.7 Å². The van der Waals surface area contributed by atoms with Crippen LogP contribution in [0.2, 0.25) is 0 Å². The van der Waals surface area contributed by atoms with Crippen LogP contribution in [0.15, 0.2) is 35.8 Å². The zero-order chi connectivity index (χ0) is 16.4. The molecule has 3 heterocycles. The van der Waals surface area contributed by atoms with Gasteiger partial charge in [-0.15, -0.1) is 11.3 Å². The molecule has 0 atom stereocenters. The van der Waals surface area contributed by atoms with Gasteiger partial charge in [-0.25, -0.2) is 9.78 Å². The quantitative estimate of drug-likeness (QED) is 0.929. The lowest BCUT2D eigenvalue weighted by Gasteiger charge is -2.38. The molecule has 1 saturated heterocycles. The van der Waals surface area contributed by atoms with Gasteiger partial charge in [-0.3, -0.25) is 5.32 Å². The van der Waals surface area contributed by atoms with Crippen molar-refractivity contribution in [1.29, 1.82) is 0 Å². The van der Waals surface area contributed by atoms with Crippen molar-refractivity contribution in [2.45, 2.75) is 12.3 Å². The molecule has 0 bridgehead atoms. The van der Waals surface area contributed by atoms with Gasteiger partial charge in [-0.05, 0) is 23.6 Å². The minimum atomic E-state index is -4.44. The third kappa shape index (κ3) is 3.73. The Hall–Kier alpha value is -2.29. The number of anilines is 1. The van der Waals surface area contributed by atoms with E-state index in [0.717, 1.165) is 23.3 Å². The molecular weight excluding hydrogens is 331 g/mol. The van der Waals surface area contributed by atoms with Crippen LogP contribution in [0.1, 0.15) is 5.56 Å². The fourth-order valence-electron chi connectivity index (χ4n) is 2.03. The molecule has 23 heavy (non-hydrogen) atoms. The van der Waals surface area contributed by atoms with Gasteiger partial charge >= 0.3 is 12.2 Å². The molecule has 1 aliphatic heterocycles. The number of urea groups is 1. The van der Waals surface area contributed by atoms with Crippen LogP contribution in [0.25, 0.3) is 0 Å². The van der Waals surface area contributed by atoms with Crippen LogP contribution < -0.4 is 10.1 Å². The predicted molar refractivity (Wildman–Crippen MR) is 78.6 cm³/mol. The number of thiophene rings is 1. The number of hydrogen-bond donors (Lipinski definition) is 1. The lowest BCUT2D eigenvalue weighted by molar-refractivity contribution is -0.137. The first-order valence-corrected chi connectivity index (χ1v) is 7.59. The van der Waals surface area contributed by atoms with Gasteiger partial charge in [0.05, 0.1) is 23.7 Å². The summed E-state index contributed by atoms with van der Waals surface area (Å²) in [7, 11) is 0. The Morgan fingerprint density at radius 1 is 1.39 bits per heavy atom. The number of rotatable bonds is 3. The summed E-state index contributed by atoms with van der Waals surface area (Å²) in [4.78, 5) is 17.2. The number of amides is 2. The monoisotopic (exact) mass is 343 g/mol. The first kappa shape index (κ1) is 15.6. The third-order valence-electron chi connectivity index (χ3n) is 3.24. The molecule has 3 rings (SSSR count). The number of halogens is 3. The fourth-order valence-corrected chi connectivity index (χ4v) is 2.64. The number of carbonyl (C=O) groups is 1. The van der Waals surface area contributed by atoms with Crippen LogP contribution in [-0.4, -0.2) is 35.1 Å². The van der Waals surface area contributed by atoms with Crippen molar-refractivity contribution in [3.63, 3.8) is 0 Å². The highest BCUT2D eigenvalue weighted by molar-refractivity contribution is 7.14. The number of pyridine rings is 1. The van der Waals surface area contributed by atoms with Gasteiger partial charge in [0.15, 0.2) is 0 Å². The minimum absolute atomic E-state index is 0.0943. The van der Waals surface area contributed by atoms with Crippen molar-refractivity contribution in [1.82, 2.24) is 9.88 Å². The molecule has 9 heteroatoms. The predicted octanol–water partition coefficient (Wildman–Crippen LogP) is 3.46. The van der Waals surface area contributed by atoms with Gasteiger partial charge in [0, 0.05) is 12.3 Å². The standard InChI is InChI=1S/C14H12F3N3O2S/c15-14(16,17)9-3-4-18-11(6-9)22-10-7-20(8-10)13(21)19-12-2-1-5-23-12/h1-6,10H,7-8H2,(H,19,21). The molecule has 2 amide bonds. The van der Waals surface area contributed by atoms with Gasteiger partial charge in [-0.2, -0.15) is 13.2 Å². The van der Waals surface area contributed by atoms with E-state index in [1.807, 2.05) is 11.4 Å². The number of aromatic nitrogens is 1. The third-order valence-corrected chi connectivity index (χ3v) is 4.02. The molecule has 1 aliphatic rings. The maximum absolute atomic E-state index is 12.6. The molecule has 2 aromatic rings. The van der Waals surface area contributed by atoms with E-state index in [0.29, 0.717) is 13.1 Å². The van der Waals surface area contributed by atoms with Crippen molar-refractivity contribution in [3.05, 3.63) is 41.4 Å². The van der Waals surface area contributed by atoms with Crippen LogP contribution in [0.4, 0.5) is 23.0 Å². The number of ether oxygens (including phenoxy) is 1. The maximum Gasteiger partial charge on any atom is 0.416 e. The molecular formula is C14H12F3N3O2S. The number of hydrogen-bond acceptors (Lipinski definition) is 4. The molecule has 2 aromatic heterocycles. The largest absolute Gasteiger partial charge is 0.471 e. The Morgan fingerprint density at radius 3 is 2.83 bits per heavy atom. The van der Waals surface area contributed by atoms with E-state index in [1.54, 1.807) is 6.07 Å². The summed E-state index contributed by atoms with van der Waals surface area (Å²) in [5.41, 5.74) is -0.811. The zero-order valence-electron chi connectivity index (χ0n) is 11.7. The van der Waals surface area contributed by atoms with Crippen LogP contribution >= 0.6 is 11.3 Å². The van der Waals surface area contributed by atoms with Crippen molar-refractivity contribution in [2.24, 2.45) is 0 Å². The van der Waals surface area contributed by atoms with E-state index in [-0.39, 0.29) is 18.0 Å². The summed E-state index contributed by atoms with van der Waals surface area (Å²) in [5.74, 6) is -0.0943. The second-order valence-corrected chi connectivity index (χ2v) is 5.88. The van der Waals surface area contributed by atoms with E-state index in [9.17, 15) is 18.0 Å². The highest BCUT2D eigenvalue weighted by atomic mass is 32.1. The summed E-state index contributed by atoms with van der Waals surface area (Å²) >= 11 is 1.40. The lowest BCUT2D eigenvalue weighted by atomic mass is 10.2. The van der Waals surface area contributed by atoms with Crippen molar-refractivity contribution < 1.29 is 22.7 Å². The van der Waals surface area contributed by atoms with Gasteiger partial charge in [0.25, 0.3) is 0 Å². The number of carbonyl (C=O) groups excluding carboxylic acids is 1. The van der Waals surface area contributed by atoms with Crippen molar-refractivity contribution >= 4 is 22.4 Å². The Bertz CT molecular complexity index is 685. The van der Waals surface area contributed by atoms with Gasteiger partial charge in [-0.1, -0.05) is 0 Å². The van der Waals surface area contributed by atoms with E-state index >= 15 is 0 Å². The second-order valence-electron chi connectivity index (χ2n) is 4.93. The normalized spacial score (nSPS) is 15.2. The molecule has 0 aliphatic carbocycles. The first-order valence-electron chi connectivity index (χ1n) is 6.71. The SMILES string of the molecule is O=C(Nc1cccs1)N1CC(Oc2cc(C(F)(F)F)ccn2)C1. The van der Waals surface area contributed by atoms with Crippen LogP contribution in [0.5, 0.6) is 5.88 Å². The smallest absolute Gasteiger partial charge is 0.416 e. The fraction of sp³-hybridized carbons (Fsp3) is 0.286. The van der Waals surface area contributed by atoms with E-state index in [2.05, 4.69) is 10.3 Å². The average molecular weight is 343 g/mol. The molecule has 122 valence electrons. The maximum atomic E-state index is 12.6. The molecule has 0 radical (unpaired) electrons.